The lowest BCUT2D eigenvalue weighted by atomic mass is 9.99. The molecule has 30 heavy (non-hydrogen) atoms. The number of rotatable bonds is 6. The van der Waals surface area contributed by atoms with Crippen LogP contribution in [0.25, 0.3) is 0 Å². The molecule has 1 aromatic heterocycles. The highest BCUT2D eigenvalue weighted by molar-refractivity contribution is 7.10. The number of hydrogen-bond acceptors (Lipinski definition) is 4. The molecular weight excluding hydrogens is 396 g/mol. The molecule has 1 atom stereocenters. The smallest absolute Gasteiger partial charge is 0.242 e. The number of nitrogens with zero attached hydrogens (tertiary/aromatic N) is 2. The Hall–Kier alpha value is -2.34. The second kappa shape index (κ2) is 9.21. The molecule has 0 spiro atoms. The Labute approximate surface area is 183 Å². The average molecular weight is 429 g/mol. The van der Waals surface area contributed by atoms with E-state index in [0.717, 1.165) is 17.7 Å². The summed E-state index contributed by atoms with van der Waals surface area (Å²) in [6.45, 7) is 10.9. The number of carbonyl (C=O) groups is 2. The van der Waals surface area contributed by atoms with E-state index in [1.807, 2.05) is 63.8 Å². The van der Waals surface area contributed by atoms with Crippen LogP contribution in [0.5, 0.6) is 5.75 Å². The van der Waals surface area contributed by atoms with Gasteiger partial charge in [-0.05, 0) is 63.3 Å². The molecule has 1 aromatic carbocycles. The first-order valence-corrected chi connectivity index (χ1v) is 11.4. The summed E-state index contributed by atoms with van der Waals surface area (Å²) in [6.07, 6.45) is 1.23. The van der Waals surface area contributed by atoms with Crippen LogP contribution in [-0.2, 0) is 16.0 Å². The standard InChI is InChI=1S/C24H32N2O3S/c1-6-22(27)26(24(3,4)5)15-23(28)25-13-11-21-19(12-14-30-21)20(25)16-29-18-9-7-17(2)8-10-18/h7-10,12,14,20H,6,11,13,15-16H2,1-5H3/t20-/m1/s1. The van der Waals surface area contributed by atoms with Crippen LogP contribution in [0.1, 0.15) is 56.2 Å². The van der Waals surface area contributed by atoms with Crippen molar-refractivity contribution in [3.05, 3.63) is 51.7 Å². The Morgan fingerprint density at radius 3 is 2.53 bits per heavy atom. The van der Waals surface area contributed by atoms with E-state index in [2.05, 4.69) is 11.4 Å². The monoisotopic (exact) mass is 428 g/mol. The van der Waals surface area contributed by atoms with Crippen molar-refractivity contribution in [1.82, 2.24) is 9.80 Å². The Morgan fingerprint density at radius 1 is 1.20 bits per heavy atom. The molecule has 1 aliphatic rings. The minimum Gasteiger partial charge on any atom is -0.491 e. The van der Waals surface area contributed by atoms with Crippen LogP contribution in [0.2, 0.25) is 0 Å². The second-order valence-corrected chi connectivity index (χ2v) is 9.78. The van der Waals surface area contributed by atoms with Gasteiger partial charge in [0.1, 0.15) is 18.9 Å². The van der Waals surface area contributed by atoms with Crippen molar-refractivity contribution in [2.24, 2.45) is 0 Å². The van der Waals surface area contributed by atoms with E-state index in [1.54, 1.807) is 16.2 Å². The highest BCUT2D eigenvalue weighted by atomic mass is 32.1. The van der Waals surface area contributed by atoms with Gasteiger partial charge in [0.15, 0.2) is 0 Å². The summed E-state index contributed by atoms with van der Waals surface area (Å²) in [7, 11) is 0. The van der Waals surface area contributed by atoms with E-state index in [4.69, 9.17) is 4.74 Å². The number of thiophene rings is 1. The predicted molar refractivity (Wildman–Crippen MR) is 121 cm³/mol. The molecule has 0 unspecified atom stereocenters. The number of carbonyl (C=O) groups excluding carboxylic acids is 2. The third kappa shape index (κ3) is 5.04. The number of amides is 2. The lowest BCUT2D eigenvalue weighted by Crippen LogP contribution is -2.53. The fourth-order valence-electron chi connectivity index (χ4n) is 3.80. The van der Waals surface area contributed by atoms with Gasteiger partial charge in [0.25, 0.3) is 0 Å². The molecule has 0 N–H and O–H groups in total. The molecule has 0 bridgehead atoms. The molecule has 6 heteroatoms. The molecular formula is C24H32N2O3S. The van der Waals surface area contributed by atoms with E-state index in [-0.39, 0.29) is 24.4 Å². The molecule has 2 amide bonds. The number of fused-ring (bicyclic) bond motifs is 1. The fourth-order valence-corrected chi connectivity index (χ4v) is 4.73. The summed E-state index contributed by atoms with van der Waals surface area (Å²) in [6, 6.07) is 9.91. The van der Waals surface area contributed by atoms with Gasteiger partial charge in [0.05, 0.1) is 6.04 Å². The van der Waals surface area contributed by atoms with Gasteiger partial charge in [-0.15, -0.1) is 11.3 Å². The summed E-state index contributed by atoms with van der Waals surface area (Å²) < 4.78 is 6.08. The normalized spacial score (nSPS) is 16.2. The maximum absolute atomic E-state index is 13.4. The minimum atomic E-state index is -0.403. The lowest BCUT2D eigenvalue weighted by molar-refractivity contribution is -0.146. The van der Waals surface area contributed by atoms with Crippen molar-refractivity contribution < 1.29 is 14.3 Å². The summed E-state index contributed by atoms with van der Waals surface area (Å²) in [5.74, 6) is 0.769. The molecule has 2 aromatic rings. The zero-order valence-corrected chi connectivity index (χ0v) is 19.4. The van der Waals surface area contributed by atoms with Gasteiger partial charge >= 0.3 is 0 Å². The zero-order valence-electron chi connectivity index (χ0n) is 18.6. The van der Waals surface area contributed by atoms with Crippen LogP contribution in [0, 0.1) is 6.92 Å². The molecule has 1 aliphatic heterocycles. The van der Waals surface area contributed by atoms with Crippen LogP contribution < -0.4 is 4.74 Å². The van der Waals surface area contributed by atoms with Crippen LogP contribution in [-0.4, -0.2) is 46.8 Å². The van der Waals surface area contributed by atoms with Gasteiger partial charge < -0.3 is 14.5 Å². The summed E-state index contributed by atoms with van der Waals surface area (Å²) in [5.41, 5.74) is 1.94. The molecule has 0 saturated heterocycles. The number of benzene rings is 1. The minimum absolute atomic E-state index is 0.00321. The number of ether oxygens (including phenoxy) is 1. The highest BCUT2D eigenvalue weighted by Crippen LogP contribution is 2.34. The van der Waals surface area contributed by atoms with E-state index in [9.17, 15) is 9.59 Å². The molecule has 162 valence electrons. The van der Waals surface area contributed by atoms with Crippen LogP contribution in [0.15, 0.2) is 35.7 Å². The first kappa shape index (κ1) is 22.3. The molecule has 0 aliphatic carbocycles. The zero-order chi connectivity index (χ0) is 21.9. The first-order valence-electron chi connectivity index (χ1n) is 10.6. The van der Waals surface area contributed by atoms with Gasteiger partial charge in [0, 0.05) is 23.4 Å². The largest absolute Gasteiger partial charge is 0.491 e. The predicted octanol–water partition coefficient (Wildman–Crippen LogP) is 4.60. The van der Waals surface area contributed by atoms with E-state index >= 15 is 0 Å². The first-order chi connectivity index (χ1) is 14.2. The third-order valence-electron chi connectivity index (χ3n) is 5.55. The van der Waals surface area contributed by atoms with Crippen LogP contribution >= 0.6 is 11.3 Å². The van der Waals surface area contributed by atoms with Crippen molar-refractivity contribution in [3.8, 4) is 5.75 Å². The van der Waals surface area contributed by atoms with Crippen molar-refractivity contribution in [2.45, 2.75) is 59.0 Å². The molecule has 0 saturated carbocycles. The Kier molecular flexibility index (Phi) is 6.86. The molecule has 3 rings (SSSR count). The molecule has 0 fully saturated rings. The number of hydrogen-bond donors (Lipinski definition) is 0. The van der Waals surface area contributed by atoms with Gasteiger partial charge in [-0.25, -0.2) is 0 Å². The van der Waals surface area contributed by atoms with Crippen molar-refractivity contribution in [2.75, 3.05) is 19.7 Å². The van der Waals surface area contributed by atoms with Gasteiger partial charge in [0.2, 0.25) is 11.8 Å². The van der Waals surface area contributed by atoms with E-state index in [0.29, 0.717) is 19.6 Å². The number of aryl methyl sites for hydroxylation is 1. The topological polar surface area (TPSA) is 49.9 Å². The Balaban J connectivity index is 1.79. The fraction of sp³-hybridized carbons (Fsp3) is 0.500. The van der Waals surface area contributed by atoms with Crippen molar-refractivity contribution in [3.63, 3.8) is 0 Å². The third-order valence-corrected chi connectivity index (χ3v) is 6.55. The Bertz CT molecular complexity index is 883. The maximum Gasteiger partial charge on any atom is 0.242 e. The summed E-state index contributed by atoms with van der Waals surface area (Å²) >= 11 is 1.74. The molecule has 2 heterocycles. The average Bonchev–Trinajstić information content (AvgIpc) is 3.18. The molecule has 5 nitrogen and oxygen atoms in total. The molecule has 0 radical (unpaired) electrons. The van der Waals surface area contributed by atoms with Crippen molar-refractivity contribution in [1.29, 1.82) is 0 Å². The SMILES string of the molecule is CCC(=O)N(CC(=O)N1CCc2sccc2[C@H]1COc1ccc(C)cc1)C(C)(C)C. The van der Waals surface area contributed by atoms with Gasteiger partial charge in [-0.3, -0.25) is 9.59 Å². The lowest BCUT2D eigenvalue weighted by Gasteiger charge is -2.40. The summed E-state index contributed by atoms with van der Waals surface area (Å²) in [4.78, 5) is 30.7. The maximum atomic E-state index is 13.4. The highest BCUT2D eigenvalue weighted by Gasteiger charge is 2.35. The van der Waals surface area contributed by atoms with E-state index in [1.165, 1.54) is 10.4 Å². The second-order valence-electron chi connectivity index (χ2n) is 8.78. The summed E-state index contributed by atoms with van der Waals surface area (Å²) in [5, 5.41) is 2.08. The van der Waals surface area contributed by atoms with Crippen molar-refractivity contribution >= 4 is 23.2 Å². The van der Waals surface area contributed by atoms with Crippen LogP contribution in [0.3, 0.4) is 0 Å². The van der Waals surface area contributed by atoms with Gasteiger partial charge in [-0.1, -0.05) is 24.6 Å². The van der Waals surface area contributed by atoms with Crippen LogP contribution in [0.4, 0.5) is 0 Å². The van der Waals surface area contributed by atoms with E-state index < -0.39 is 5.54 Å². The quantitative estimate of drug-likeness (QED) is 0.676. The Morgan fingerprint density at radius 2 is 1.90 bits per heavy atom. The van der Waals surface area contributed by atoms with Gasteiger partial charge in [-0.2, -0.15) is 0 Å².